The SMILES string of the molecule is CC.C[NH+](O)c1ccc(Oc2cccnc2)cc1. The molecule has 96 valence electrons. The average Bonchev–Trinajstić information content (AvgIpc) is 2.43. The minimum Gasteiger partial charge on any atom is -0.456 e. The summed E-state index contributed by atoms with van der Waals surface area (Å²) in [5.41, 5.74) is 0.790. The summed E-state index contributed by atoms with van der Waals surface area (Å²) in [6.07, 6.45) is 3.34. The fourth-order valence-corrected chi connectivity index (χ4v) is 1.31. The van der Waals surface area contributed by atoms with Crippen LogP contribution in [0.5, 0.6) is 11.5 Å². The quantitative estimate of drug-likeness (QED) is 0.819. The van der Waals surface area contributed by atoms with E-state index in [1.807, 2.05) is 38.1 Å². The van der Waals surface area contributed by atoms with Gasteiger partial charge in [0, 0.05) is 18.3 Å². The first-order chi connectivity index (χ1) is 8.75. The molecule has 0 aliphatic rings. The van der Waals surface area contributed by atoms with Gasteiger partial charge in [-0.15, -0.1) is 0 Å². The van der Waals surface area contributed by atoms with Gasteiger partial charge in [0.15, 0.2) is 5.69 Å². The lowest BCUT2D eigenvalue weighted by molar-refractivity contribution is -1.02. The highest BCUT2D eigenvalue weighted by Gasteiger charge is 2.03. The predicted molar refractivity (Wildman–Crippen MR) is 70.4 cm³/mol. The largest absolute Gasteiger partial charge is 0.456 e. The highest BCUT2D eigenvalue weighted by atomic mass is 16.5. The Hall–Kier alpha value is -1.91. The molecule has 1 atom stereocenters. The van der Waals surface area contributed by atoms with Gasteiger partial charge < -0.3 is 4.74 Å². The highest BCUT2D eigenvalue weighted by molar-refractivity contribution is 5.37. The number of rotatable bonds is 3. The first-order valence-corrected chi connectivity index (χ1v) is 5.96. The van der Waals surface area contributed by atoms with Gasteiger partial charge in [0.25, 0.3) is 0 Å². The maximum absolute atomic E-state index is 9.27. The number of ether oxygens (including phenoxy) is 1. The summed E-state index contributed by atoms with van der Waals surface area (Å²) < 4.78 is 5.56. The first-order valence-electron chi connectivity index (χ1n) is 5.96. The van der Waals surface area contributed by atoms with Crippen molar-refractivity contribution in [3.05, 3.63) is 48.8 Å². The number of nitrogens with zero attached hydrogens (tertiary/aromatic N) is 1. The van der Waals surface area contributed by atoms with E-state index in [-0.39, 0.29) is 0 Å². The molecule has 1 aromatic carbocycles. The molecule has 4 nitrogen and oxygen atoms in total. The van der Waals surface area contributed by atoms with Crippen molar-refractivity contribution in [1.29, 1.82) is 0 Å². The number of hydrogen-bond acceptors (Lipinski definition) is 3. The van der Waals surface area contributed by atoms with Gasteiger partial charge >= 0.3 is 0 Å². The predicted octanol–water partition coefficient (Wildman–Crippen LogP) is 2.44. The Bertz CT molecular complexity index is 441. The smallest absolute Gasteiger partial charge is 0.163 e. The molecule has 2 aromatic rings. The number of quaternary nitrogens is 1. The standard InChI is InChI=1S/C12H12N2O2.C2H6/c1-14(15)10-4-6-11(7-5-10)16-12-3-2-8-13-9-12;1-2/h2-9,15H,1H3;1-2H3/p+1. The Morgan fingerprint density at radius 1 is 1.06 bits per heavy atom. The third-order valence-corrected chi connectivity index (χ3v) is 2.14. The van der Waals surface area contributed by atoms with Crippen molar-refractivity contribution >= 4 is 5.69 Å². The van der Waals surface area contributed by atoms with Crippen LogP contribution in [0.3, 0.4) is 0 Å². The zero-order valence-electron chi connectivity index (χ0n) is 10.9. The van der Waals surface area contributed by atoms with Crippen LogP contribution >= 0.6 is 0 Å². The number of benzene rings is 1. The summed E-state index contributed by atoms with van der Waals surface area (Å²) in [6.45, 7) is 4.00. The molecule has 0 saturated heterocycles. The van der Waals surface area contributed by atoms with Crippen molar-refractivity contribution in [1.82, 2.24) is 4.98 Å². The van der Waals surface area contributed by atoms with E-state index in [4.69, 9.17) is 4.74 Å². The van der Waals surface area contributed by atoms with E-state index in [2.05, 4.69) is 4.98 Å². The minimum atomic E-state index is 0.299. The Morgan fingerprint density at radius 2 is 1.72 bits per heavy atom. The second kappa shape index (κ2) is 7.42. The summed E-state index contributed by atoms with van der Waals surface area (Å²) >= 11 is 0. The van der Waals surface area contributed by atoms with Crippen LogP contribution in [0.1, 0.15) is 13.8 Å². The molecule has 0 amide bonds. The van der Waals surface area contributed by atoms with Crippen LogP contribution in [0.15, 0.2) is 48.8 Å². The molecular formula is C14H19N2O2+. The lowest BCUT2D eigenvalue weighted by Crippen LogP contribution is -3.01. The maximum Gasteiger partial charge on any atom is 0.163 e. The fourth-order valence-electron chi connectivity index (χ4n) is 1.31. The van der Waals surface area contributed by atoms with E-state index >= 15 is 0 Å². The highest BCUT2D eigenvalue weighted by Crippen LogP contribution is 2.20. The van der Waals surface area contributed by atoms with E-state index in [9.17, 15) is 5.21 Å². The lowest BCUT2D eigenvalue weighted by Gasteiger charge is -2.06. The Kier molecular flexibility index (Phi) is 5.84. The Labute approximate surface area is 107 Å². The van der Waals surface area contributed by atoms with E-state index < -0.39 is 0 Å². The van der Waals surface area contributed by atoms with Crippen molar-refractivity contribution in [3.63, 3.8) is 0 Å². The summed E-state index contributed by atoms with van der Waals surface area (Å²) in [5, 5.41) is 9.57. The molecule has 1 unspecified atom stereocenters. The first kappa shape index (κ1) is 14.2. The van der Waals surface area contributed by atoms with E-state index in [1.165, 1.54) is 0 Å². The number of hydrogen-bond donors (Lipinski definition) is 2. The van der Waals surface area contributed by atoms with Crippen molar-refractivity contribution in [2.75, 3.05) is 7.05 Å². The van der Waals surface area contributed by atoms with Crippen LogP contribution in [0.2, 0.25) is 0 Å². The molecule has 0 aliphatic heterocycles. The van der Waals surface area contributed by atoms with Crippen LogP contribution in [0.4, 0.5) is 5.69 Å². The maximum atomic E-state index is 9.27. The Balaban J connectivity index is 0.000000771. The molecule has 4 heteroatoms. The van der Waals surface area contributed by atoms with Crippen molar-refractivity contribution in [2.45, 2.75) is 13.8 Å². The van der Waals surface area contributed by atoms with Gasteiger partial charge in [-0.05, 0) is 24.3 Å². The van der Waals surface area contributed by atoms with E-state index in [0.717, 1.165) is 11.4 Å². The van der Waals surface area contributed by atoms with Crippen LogP contribution in [-0.2, 0) is 0 Å². The zero-order valence-corrected chi connectivity index (χ0v) is 10.9. The third kappa shape index (κ3) is 4.16. The molecule has 1 heterocycles. The Morgan fingerprint density at radius 3 is 2.22 bits per heavy atom. The lowest BCUT2D eigenvalue weighted by atomic mass is 10.3. The second-order valence-electron chi connectivity index (χ2n) is 3.40. The fraction of sp³-hybridized carbons (Fsp3) is 0.214. The molecule has 0 aliphatic carbocycles. The third-order valence-electron chi connectivity index (χ3n) is 2.14. The molecule has 1 aromatic heterocycles. The molecular weight excluding hydrogens is 228 g/mol. The molecule has 0 fully saturated rings. The van der Waals surface area contributed by atoms with Crippen LogP contribution < -0.4 is 9.80 Å². The van der Waals surface area contributed by atoms with E-state index in [1.54, 1.807) is 31.6 Å². The topological polar surface area (TPSA) is 46.8 Å². The van der Waals surface area contributed by atoms with Gasteiger partial charge in [-0.25, -0.2) is 5.21 Å². The average molecular weight is 247 g/mol. The number of nitrogens with one attached hydrogen (secondary N) is 1. The molecule has 0 radical (unpaired) electrons. The van der Waals surface area contributed by atoms with Gasteiger partial charge in [-0.1, -0.05) is 13.8 Å². The summed E-state index contributed by atoms with van der Waals surface area (Å²) in [4.78, 5) is 3.96. The number of hydroxylamine groups is 1. The van der Waals surface area contributed by atoms with Gasteiger partial charge in [-0.2, -0.15) is 5.06 Å². The molecule has 0 saturated carbocycles. The van der Waals surface area contributed by atoms with Gasteiger partial charge in [0.05, 0.1) is 6.20 Å². The molecule has 0 bridgehead atoms. The number of pyridine rings is 1. The van der Waals surface area contributed by atoms with Gasteiger partial charge in [-0.3, -0.25) is 4.98 Å². The van der Waals surface area contributed by atoms with E-state index in [0.29, 0.717) is 10.8 Å². The van der Waals surface area contributed by atoms with Crippen molar-refractivity contribution < 1.29 is 15.0 Å². The monoisotopic (exact) mass is 247 g/mol. The normalized spacial score (nSPS) is 11.1. The second-order valence-corrected chi connectivity index (χ2v) is 3.40. The van der Waals surface area contributed by atoms with Crippen molar-refractivity contribution in [3.8, 4) is 11.5 Å². The molecule has 18 heavy (non-hydrogen) atoms. The van der Waals surface area contributed by atoms with Crippen LogP contribution in [0.25, 0.3) is 0 Å². The summed E-state index contributed by atoms with van der Waals surface area (Å²) in [7, 11) is 1.65. The van der Waals surface area contributed by atoms with Crippen molar-refractivity contribution in [2.24, 2.45) is 0 Å². The molecule has 0 spiro atoms. The molecule has 2 rings (SSSR count). The van der Waals surface area contributed by atoms with Crippen LogP contribution in [0, 0.1) is 0 Å². The summed E-state index contributed by atoms with van der Waals surface area (Å²) in [6, 6.07) is 10.9. The molecule has 2 N–H and O–H groups in total. The van der Waals surface area contributed by atoms with Gasteiger partial charge in [0.2, 0.25) is 0 Å². The minimum absolute atomic E-state index is 0.299. The zero-order chi connectivity index (χ0) is 13.4. The number of aromatic nitrogens is 1. The van der Waals surface area contributed by atoms with Gasteiger partial charge in [0.1, 0.15) is 18.5 Å². The van der Waals surface area contributed by atoms with Crippen LogP contribution in [-0.4, -0.2) is 17.2 Å². The summed E-state index contributed by atoms with van der Waals surface area (Å²) in [5.74, 6) is 1.41.